The largest absolute Gasteiger partial charge is 0.295 e. The zero-order chi connectivity index (χ0) is 10.8. The maximum Gasteiger partial charge on any atom is 0.158 e. The molecule has 0 fully saturated rings. The molecule has 0 bridgehead atoms. The van der Waals surface area contributed by atoms with E-state index in [0.29, 0.717) is 5.78 Å². The fourth-order valence-electron chi connectivity index (χ4n) is 2.32. The van der Waals surface area contributed by atoms with Crippen molar-refractivity contribution in [1.82, 2.24) is 0 Å². The van der Waals surface area contributed by atoms with Crippen molar-refractivity contribution >= 4 is 5.78 Å². The Labute approximate surface area is 87.6 Å². The van der Waals surface area contributed by atoms with Crippen LogP contribution in [0.1, 0.15) is 59.8 Å². The first-order valence-electron chi connectivity index (χ1n) is 5.72. The van der Waals surface area contributed by atoms with Gasteiger partial charge in [-0.3, -0.25) is 4.79 Å². The van der Waals surface area contributed by atoms with Crippen molar-refractivity contribution in [1.29, 1.82) is 0 Å². The van der Waals surface area contributed by atoms with Gasteiger partial charge in [-0.2, -0.15) is 0 Å². The summed E-state index contributed by atoms with van der Waals surface area (Å²) in [7, 11) is 0. The van der Waals surface area contributed by atoms with E-state index in [1.54, 1.807) is 0 Å². The predicted octanol–water partition coefficient (Wildman–Crippen LogP) is 3.88. The fraction of sp³-hybridized carbons (Fsp3) is 0.769. The highest BCUT2D eigenvalue weighted by atomic mass is 16.1. The molecule has 1 aliphatic carbocycles. The van der Waals surface area contributed by atoms with E-state index >= 15 is 0 Å². The van der Waals surface area contributed by atoms with Gasteiger partial charge in [0.1, 0.15) is 0 Å². The average molecular weight is 194 g/mol. The van der Waals surface area contributed by atoms with Crippen molar-refractivity contribution in [3.05, 3.63) is 11.1 Å². The van der Waals surface area contributed by atoms with Crippen LogP contribution < -0.4 is 0 Å². The van der Waals surface area contributed by atoms with Gasteiger partial charge in [0.25, 0.3) is 0 Å². The highest BCUT2D eigenvalue weighted by molar-refractivity contribution is 5.96. The third-order valence-electron chi connectivity index (χ3n) is 3.45. The molecule has 0 saturated carbocycles. The summed E-state index contributed by atoms with van der Waals surface area (Å²) in [5, 5.41) is 0. The van der Waals surface area contributed by atoms with E-state index < -0.39 is 0 Å². The predicted molar refractivity (Wildman–Crippen MR) is 60.2 cm³/mol. The van der Waals surface area contributed by atoms with Crippen LogP contribution in [0, 0.1) is 5.41 Å². The standard InChI is InChI=1S/C13H22O/c1-5-6-7-11-10(2)12(14)8-9-13(11,3)4/h5-9H2,1-4H3. The van der Waals surface area contributed by atoms with Crippen LogP contribution in [0.25, 0.3) is 0 Å². The number of allylic oxidation sites excluding steroid dienone is 2. The topological polar surface area (TPSA) is 17.1 Å². The monoisotopic (exact) mass is 194 g/mol. The summed E-state index contributed by atoms with van der Waals surface area (Å²) in [6.07, 6.45) is 5.31. The lowest BCUT2D eigenvalue weighted by Crippen LogP contribution is -2.25. The van der Waals surface area contributed by atoms with Crippen molar-refractivity contribution < 1.29 is 4.79 Å². The molecule has 0 aliphatic heterocycles. The Morgan fingerprint density at radius 3 is 2.57 bits per heavy atom. The summed E-state index contributed by atoms with van der Waals surface area (Å²) >= 11 is 0. The number of ketones is 1. The minimum Gasteiger partial charge on any atom is -0.295 e. The molecule has 1 nitrogen and oxygen atoms in total. The Hall–Kier alpha value is -0.590. The number of carbonyl (C=O) groups is 1. The second-order valence-electron chi connectivity index (χ2n) is 5.01. The maximum atomic E-state index is 11.6. The molecule has 14 heavy (non-hydrogen) atoms. The van der Waals surface area contributed by atoms with E-state index in [9.17, 15) is 4.79 Å². The highest BCUT2D eigenvalue weighted by Crippen LogP contribution is 2.41. The third-order valence-corrected chi connectivity index (χ3v) is 3.45. The Balaban J connectivity index is 2.90. The molecule has 0 aromatic carbocycles. The second-order valence-corrected chi connectivity index (χ2v) is 5.01. The van der Waals surface area contributed by atoms with Gasteiger partial charge in [0.05, 0.1) is 0 Å². The van der Waals surface area contributed by atoms with Crippen LogP contribution in [0.3, 0.4) is 0 Å². The lowest BCUT2D eigenvalue weighted by molar-refractivity contribution is -0.116. The van der Waals surface area contributed by atoms with Crippen molar-refractivity contribution in [3.8, 4) is 0 Å². The number of unbranched alkanes of at least 4 members (excludes halogenated alkanes) is 1. The molecule has 80 valence electrons. The van der Waals surface area contributed by atoms with Gasteiger partial charge >= 0.3 is 0 Å². The molecule has 0 saturated heterocycles. The summed E-state index contributed by atoms with van der Waals surface area (Å²) in [5.41, 5.74) is 2.72. The number of hydrogen-bond donors (Lipinski definition) is 0. The summed E-state index contributed by atoms with van der Waals surface area (Å²) in [6, 6.07) is 0. The summed E-state index contributed by atoms with van der Waals surface area (Å²) < 4.78 is 0. The molecule has 1 aliphatic rings. The van der Waals surface area contributed by atoms with E-state index in [4.69, 9.17) is 0 Å². The van der Waals surface area contributed by atoms with Crippen molar-refractivity contribution in [3.63, 3.8) is 0 Å². The third kappa shape index (κ3) is 2.26. The van der Waals surface area contributed by atoms with Crippen LogP contribution in [-0.4, -0.2) is 5.78 Å². The molecule has 0 heterocycles. The van der Waals surface area contributed by atoms with Crippen LogP contribution in [0.15, 0.2) is 11.1 Å². The zero-order valence-electron chi connectivity index (χ0n) is 9.94. The van der Waals surface area contributed by atoms with Crippen molar-refractivity contribution in [2.24, 2.45) is 5.41 Å². The number of carbonyl (C=O) groups excluding carboxylic acids is 1. The molecule has 1 heteroatoms. The minimum atomic E-state index is 0.257. The Kier molecular flexibility index (Phi) is 3.52. The van der Waals surface area contributed by atoms with E-state index in [0.717, 1.165) is 24.8 Å². The maximum absolute atomic E-state index is 11.6. The zero-order valence-corrected chi connectivity index (χ0v) is 9.94. The molecule has 0 aromatic heterocycles. The molecule has 0 radical (unpaired) electrons. The first kappa shape index (κ1) is 11.5. The molecular formula is C13H22O. The van der Waals surface area contributed by atoms with E-state index in [2.05, 4.69) is 20.8 Å². The van der Waals surface area contributed by atoms with Crippen LogP contribution in [0.5, 0.6) is 0 Å². The van der Waals surface area contributed by atoms with Gasteiger partial charge < -0.3 is 0 Å². The Morgan fingerprint density at radius 1 is 1.36 bits per heavy atom. The number of rotatable bonds is 3. The molecule has 1 rings (SSSR count). The van der Waals surface area contributed by atoms with Gasteiger partial charge in [-0.05, 0) is 37.2 Å². The molecule has 0 atom stereocenters. The molecule has 0 amide bonds. The van der Waals surface area contributed by atoms with Crippen LogP contribution in [0.4, 0.5) is 0 Å². The van der Waals surface area contributed by atoms with Crippen LogP contribution >= 0.6 is 0 Å². The van der Waals surface area contributed by atoms with Crippen LogP contribution in [-0.2, 0) is 4.79 Å². The minimum absolute atomic E-state index is 0.257. The SMILES string of the molecule is CCCCC1=C(C)C(=O)CCC1(C)C. The fourth-order valence-corrected chi connectivity index (χ4v) is 2.32. The van der Waals surface area contributed by atoms with Gasteiger partial charge in [0.2, 0.25) is 0 Å². The second kappa shape index (κ2) is 4.29. The lowest BCUT2D eigenvalue weighted by atomic mass is 9.71. The van der Waals surface area contributed by atoms with Gasteiger partial charge in [0.15, 0.2) is 5.78 Å². The molecule has 0 unspecified atom stereocenters. The van der Waals surface area contributed by atoms with Gasteiger partial charge in [-0.15, -0.1) is 0 Å². The first-order valence-corrected chi connectivity index (χ1v) is 5.72. The molecular weight excluding hydrogens is 172 g/mol. The van der Waals surface area contributed by atoms with Crippen LogP contribution in [0.2, 0.25) is 0 Å². The molecule has 0 aromatic rings. The van der Waals surface area contributed by atoms with E-state index in [1.165, 1.54) is 18.4 Å². The average Bonchev–Trinajstić information content (AvgIpc) is 2.12. The summed E-state index contributed by atoms with van der Waals surface area (Å²) in [5.74, 6) is 0.371. The van der Waals surface area contributed by atoms with Crippen molar-refractivity contribution in [2.45, 2.75) is 59.8 Å². The smallest absolute Gasteiger partial charge is 0.158 e. The highest BCUT2D eigenvalue weighted by Gasteiger charge is 2.31. The number of hydrogen-bond acceptors (Lipinski definition) is 1. The molecule has 0 spiro atoms. The summed E-state index contributed by atoms with van der Waals surface area (Å²) in [4.78, 5) is 11.6. The van der Waals surface area contributed by atoms with Gasteiger partial charge in [-0.1, -0.05) is 32.8 Å². The quantitative estimate of drug-likeness (QED) is 0.666. The van der Waals surface area contributed by atoms with Gasteiger partial charge in [-0.25, -0.2) is 0 Å². The number of Topliss-reactive ketones (excluding diaryl/α,β-unsaturated/α-hetero) is 1. The lowest BCUT2D eigenvalue weighted by Gasteiger charge is -2.33. The molecule has 0 N–H and O–H groups in total. The van der Waals surface area contributed by atoms with E-state index in [-0.39, 0.29) is 5.41 Å². The van der Waals surface area contributed by atoms with Gasteiger partial charge in [0, 0.05) is 6.42 Å². The Morgan fingerprint density at radius 2 is 2.00 bits per heavy atom. The van der Waals surface area contributed by atoms with Crippen molar-refractivity contribution in [2.75, 3.05) is 0 Å². The normalized spacial score (nSPS) is 21.6. The summed E-state index contributed by atoms with van der Waals surface area (Å²) in [6.45, 7) is 8.75. The Bertz CT molecular complexity index is 258. The first-order chi connectivity index (χ1) is 6.49. The van der Waals surface area contributed by atoms with E-state index in [1.807, 2.05) is 6.92 Å².